The summed E-state index contributed by atoms with van der Waals surface area (Å²) in [6.45, 7) is 0. The summed E-state index contributed by atoms with van der Waals surface area (Å²) < 4.78 is 0. The van der Waals surface area contributed by atoms with Crippen molar-refractivity contribution in [3.05, 3.63) is 40.4 Å². The summed E-state index contributed by atoms with van der Waals surface area (Å²) in [6.07, 6.45) is 3.02. The summed E-state index contributed by atoms with van der Waals surface area (Å²) in [5, 5.41) is 1.54. The van der Waals surface area contributed by atoms with Gasteiger partial charge in [0.05, 0.1) is 5.02 Å². The normalized spacial score (nSPS) is 10.2. The van der Waals surface area contributed by atoms with Crippen molar-refractivity contribution in [2.45, 2.75) is 6.42 Å². The number of rotatable bonds is 3. The van der Waals surface area contributed by atoms with E-state index in [1.165, 1.54) is 11.3 Å². The van der Waals surface area contributed by atoms with Gasteiger partial charge in [-0.15, -0.1) is 11.3 Å². The van der Waals surface area contributed by atoms with Crippen molar-refractivity contribution in [1.82, 2.24) is 4.98 Å². The van der Waals surface area contributed by atoms with E-state index in [4.69, 9.17) is 11.6 Å². The molecule has 2 nitrogen and oxygen atoms in total. The fourth-order valence-corrected chi connectivity index (χ4v) is 2.42. The maximum atomic E-state index is 10.3. The molecule has 0 radical (unpaired) electrons. The lowest BCUT2D eigenvalue weighted by atomic mass is 10.2. The number of carbonyl (C=O) groups is 1. The van der Waals surface area contributed by atoms with Gasteiger partial charge in [0.25, 0.3) is 0 Å². The zero-order valence-electron chi connectivity index (χ0n) is 7.81. The Morgan fingerprint density at radius 2 is 2.20 bits per heavy atom. The van der Waals surface area contributed by atoms with E-state index in [0.29, 0.717) is 11.4 Å². The van der Waals surface area contributed by atoms with E-state index in [1.807, 2.05) is 24.3 Å². The van der Waals surface area contributed by atoms with E-state index in [0.717, 1.165) is 21.7 Å². The Labute approximate surface area is 96.5 Å². The Hall–Kier alpha value is -1.19. The van der Waals surface area contributed by atoms with Crippen molar-refractivity contribution in [3.8, 4) is 10.6 Å². The van der Waals surface area contributed by atoms with Crippen molar-refractivity contribution in [1.29, 1.82) is 0 Å². The van der Waals surface area contributed by atoms with Gasteiger partial charge in [0.2, 0.25) is 0 Å². The summed E-state index contributed by atoms with van der Waals surface area (Å²) in [5.74, 6) is 0. The largest absolute Gasteiger partial charge is 0.303 e. The minimum atomic E-state index is 0.419. The van der Waals surface area contributed by atoms with E-state index in [9.17, 15) is 4.79 Å². The van der Waals surface area contributed by atoms with Crippen LogP contribution in [0.25, 0.3) is 10.6 Å². The van der Waals surface area contributed by atoms with E-state index in [-0.39, 0.29) is 0 Å². The first-order chi connectivity index (χ1) is 7.31. The molecular weight excluding hydrogens is 230 g/mol. The fourth-order valence-electron chi connectivity index (χ4n) is 1.24. The molecule has 0 N–H and O–H groups in total. The van der Waals surface area contributed by atoms with Crippen molar-refractivity contribution in [3.63, 3.8) is 0 Å². The molecule has 1 aromatic heterocycles. The predicted octanol–water partition coefficient (Wildman–Crippen LogP) is 3.20. The zero-order valence-corrected chi connectivity index (χ0v) is 9.39. The Morgan fingerprint density at radius 1 is 1.40 bits per heavy atom. The summed E-state index contributed by atoms with van der Waals surface area (Å²) in [5.41, 5.74) is 0.918. The number of hydrogen-bond acceptors (Lipinski definition) is 3. The Bertz CT molecular complexity index is 481. The molecule has 2 rings (SSSR count). The molecule has 0 unspecified atom stereocenters. The van der Waals surface area contributed by atoms with Crippen LogP contribution in [0.5, 0.6) is 0 Å². The lowest BCUT2D eigenvalue weighted by Gasteiger charge is -1.97. The van der Waals surface area contributed by atoms with Crippen LogP contribution in [0.15, 0.2) is 30.5 Å². The van der Waals surface area contributed by atoms with Gasteiger partial charge < -0.3 is 4.79 Å². The maximum Gasteiger partial charge on any atom is 0.125 e. The van der Waals surface area contributed by atoms with Crippen LogP contribution in [0.1, 0.15) is 4.88 Å². The molecular formula is C11H8ClNOS. The van der Waals surface area contributed by atoms with Gasteiger partial charge in [-0.2, -0.15) is 0 Å². The van der Waals surface area contributed by atoms with Gasteiger partial charge in [0.15, 0.2) is 0 Å². The smallest absolute Gasteiger partial charge is 0.125 e. The second-order valence-corrected chi connectivity index (χ2v) is 4.50. The van der Waals surface area contributed by atoms with Crippen LogP contribution in [0.4, 0.5) is 0 Å². The molecule has 0 saturated heterocycles. The minimum Gasteiger partial charge on any atom is -0.303 e. The quantitative estimate of drug-likeness (QED) is 0.768. The number of thiazole rings is 1. The third-order valence-corrected chi connectivity index (χ3v) is 3.32. The van der Waals surface area contributed by atoms with Crippen molar-refractivity contribution in [2.24, 2.45) is 0 Å². The molecule has 0 saturated carbocycles. The van der Waals surface area contributed by atoms with Crippen LogP contribution >= 0.6 is 22.9 Å². The number of carbonyl (C=O) groups excluding carboxylic acids is 1. The summed E-state index contributed by atoms with van der Waals surface area (Å²) in [6, 6.07) is 7.55. The molecule has 76 valence electrons. The maximum absolute atomic E-state index is 10.3. The van der Waals surface area contributed by atoms with Gasteiger partial charge in [0, 0.05) is 23.1 Å². The number of aromatic nitrogens is 1. The molecule has 0 spiro atoms. The van der Waals surface area contributed by atoms with E-state index in [2.05, 4.69) is 4.98 Å². The monoisotopic (exact) mass is 237 g/mol. The first kappa shape index (κ1) is 10.3. The Balaban J connectivity index is 2.37. The summed E-state index contributed by atoms with van der Waals surface area (Å²) >= 11 is 7.54. The van der Waals surface area contributed by atoms with Gasteiger partial charge in [-0.1, -0.05) is 29.8 Å². The van der Waals surface area contributed by atoms with Crippen LogP contribution in [0, 0.1) is 0 Å². The molecule has 1 heterocycles. The van der Waals surface area contributed by atoms with Gasteiger partial charge in [0.1, 0.15) is 11.3 Å². The van der Waals surface area contributed by atoms with Crippen molar-refractivity contribution >= 4 is 29.2 Å². The van der Waals surface area contributed by atoms with Gasteiger partial charge in [-0.25, -0.2) is 4.98 Å². The average molecular weight is 238 g/mol. The number of hydrogen-bond donors (Lipinski definition) is 0. The van der Waals surface area contributed by atoms with Gasteiger partial charge in [-0.3, -0.25) is 0 Å². The highest BCUT2D eigenvalue weighted by atomic mass is 35.5. The first-order valence-corrected chi connectivity index (χ1v) is 5.64. The number of aldehydes is 1. The van der Waals surface area contributed by atoms with E-state index < -0.39 is 0 Å². The van der Waals surface area contributed by atoms with E-state index >= 15 is 0 Å². The minimum absolute atomic E-state index is 0.419. The SMILES string of the molecule is O=CCc1cnc(-c2ccccc2Cl)s1. The molecule has 0 aliphatic carbocycles. The summed E-state index contributed by atoms with van der Waals surface area (Å²) in [7, 11) is 0. The van der Waals surface area contributed by atoms with Crippen LogP contribution in [0.2, 0.25) is 5.02 Å². The Morgan fingerprint density at radius 3 is 2.93 bits per heavy atom. The molecule has 0 aliphatic heterocycles. The molecule has 1 aromatic carbocycles. The lowest BCUT2D eigenvalue weighted by Crippen LogP contribution is -1.76. The molecule has 0 amide bonds. The summed E-state index contributed by atoms with van der Waals surface area (Å²) in [4.78, 5) is 15.5. The highest BCUT2D eigenvalue weighted by Gasteiger charge is 2.07. The second-order valence-electron chi connectivity index (χ2n) is 2.98. The predicted molar refractivity (Wildman–Crippen MR) is 62.3 cm³/mol. The molecule has 0 aliphatic rings. The molecule has 2 aromatic rings. The highest BCUT2D eigenvalue weighted by Crippen LogP contribution is 2.30. The van der Waals surface area contributed by atoms with Crippen molar-refractivity contribution in [2.75, 3.05) is 0 Å². The third-order valence-electron chi connectivity index (χ3n) is 1.94. The number of benzene rings is 1. The topological polar surface area (TPSA) is 30.0 Å². The highest BCUT2D eigenvalue weighted by molar-refractivity contribution is 7.15. The van der Waals surface area contributed by atoms with Crippen molar-refractivity contribution < 1.29 is 4.79 Å². The zero-order chi connectivity index (χ0) is 10.7. The van der Waals surface area contributed by atoms with Crippen LogP contribution in [-0.4, -0.2) is 11.3 Å². The number of halogens is 1. The van der Waals surface area contributed by atoms with Crippen LogP contribution in [-0.2, 0) is 11.2 Å². The average Bonchev–Trinajstić information content (AvgIpc) is 2.68. The lowest BCUT2D eigenvalue weighted by molar-refractivity contribution is -0.107. The van der Waals surface area contributed by atoms with Crippen LogP contribution < -0.4 is 0 Å². The number of nitrogens with zero attached hydrogens (tertiary/aromatic N) is 1. The standard InChI is InChI=1S/C11H8ClNOS/c12-10-4-2-1-3-9(10)11-13-7-8(15-11)5-6-14/h1-4,6-7H,5H2. The first-order valence-electron chi connectivity index (χ1n) is 4.44. The molecule has 15 heavy (non-hydrogen) atoms. The molecule has 0 atom stereocenters. The van der Waals surface area contributed by atoms with Gasteiger partial charge >= 0.3 is 0 Å². The molecule has 0 bridgehead atoms. The fraction of sp³-hybridized carbons (Fsp3) is 0.0909. The van der Waals surface area contributed by atoms with Crippen LogP contribution in [0.3, 0.4) is 0 Å². The van der Waals surface area contributed by atoms with E-state index in [1.54, 1.807) is 6.20 Å². The third kappa shape index (κ3) is 2.25. The molecule has 0 fully saturated rings. The second kappa shape index (κ2) is 4.55. The molecule has 4 heteroatoms. The Kier molecular flexibility index (Phi) is 3.14. The van der Waals surface area contributed by atoms with Gasteiger partial charge in [-0.05, 0) is 6.07 Å².